The molecule has 1 saturated heterocycles. The average molecular weight is 432 g/mol. The number of halogens is 1. The van der Waals surface area contributed by atoms with E-state index in [0.29, 0.717) is 37.1 Å². The average Bonchev–Trinajstić information content (AvgIpc) is 2.76. The lowest BCUT2D eigenvalue weighted by Gasteiger charge is -2.26. The van der Waals surface area contributed by atoms with Crippen LogP contribution < -0.4 is 4.74 Å². The Hall–Kier alpha value is -2.45. The van der Waals surface area contributed by atoms with Crippen molar-refractivity contribution in [1.29, 1.82) is 0 Å². The molecule has 29 heavy (non-hydrogen) atoms. The van der Waals surface area contributed by atoms with Gasteiger partial charge in [0, 0.05) is 28.9 Å². The van der Waals surface area contributed by atoms with E-state index in [9.17, 15) is 13.2 Å². The fraction of sp³-hybridized carbons (Fsp3) is 0.190. The summed E-state index contributed by atoms with van der Waals surface area (Å²) in [7, 11) is -3.61. The fourth-order valence-corrected chi connectivity index (χ4v) is 4.82. The molecule has 0 amide bonds. The first-order chi connectivity index (χ1) is 14.0. The summed E-state index contributed by atoms with van der Waals surface area (Å²) in [5.41, 5.74) is 0.255. The minimum atomic E-state index is -3.61. The molecule has 0 radical (unpaired) electrons. The lowest BCUT2D eigenvalue weighted by Crippen LogP contribution is -2.40. The largest absolute Gasteiger partial charge is 0.422 e. The monoisotopic (exact) mass is 431 g/mol. The van der Waals surface area contributed by atoms with Gasteiger partial charge >= 0.3 is 5.97 Å². The molecule has 3 aromatic rings. The topological polar surface area (TPSA) is 72.9 Å². The van der Waals surface area contributed by atoms with Gasteiger partial charge < -0.3 is 9.47 Å². The molecule has 0 spiro atoms. The van der Waals surface area contributed by atoms with Crippen molar-refractivity contribution < 1.29 is 22.7 Å². The van der Waals surface area contributed by atoms with Crippen LogP contribution in [-0.2, 0) is 14.8 Å². The molecule has 0 aromatic heterocycles. The van der Waals surface area contributed by atoms with E-state index in [1.807, 2.05) is 24.3 Å². The predicted molar refractivity (Wildman–Crippen MR) is 110 cm³/mol. The zero-order chi connectivity index (χ0) is 20.4. The summed E-state index contributed by atoms with van der Waals surface area (Å²) in [5, 5.41) is 2.07. The number of esters is 1. The second-order valence-corrected chi connectivity index (χ2v) is 8.87. The molecular weight excluding hydrogens is 414 g/mol. The SMILES string of the molecule is O=C(Oc1ccc(Cl)c2ccccc12)c1ccc(S(=O)(=O)N2CCOCC2)cc1. The molecule has 0 aliphatic carbocycles. The number of rotatable bonds is 4. The van der Waals surface area contributed by atoms with Gasteiger partial charge in [0.05, 0.1) is 23.7 Å². The third-order valence-electron chi connectivity index (χ3n) is 4.73. The van der Waals surface area contributed by atoms with Gasteiger partial charge in [0.25, 0.3) is 0 Å². The molecule has 0 N–H and O–H groups in total. The number of carbonyl (C=O) groups is 1. The van der Waals surface area contributed by atoms with E-state index in [2.05, 4.69) is 0 Å². The van der Waals surface area contributed by atoms with Gasteiger partial charge in [0.2, 0.25) is 10.0 Å². The molecule has 6 nitrogen and oxygen atoms in total. The Balaban J connectivity index is 1.56. The summed E-state index contributed by atoms with van der Waals surface area (Å²) in [6.45, 7) is 1.38. The standard InChI is InChI=1S/C21H18ClNO5S/c22-19-9-10-20(18-4-2-1-3-17(18)19)28-21(24)15-5-7-16(8-6-15)29(25,26)23-11-13-27-14-12-23/h1-10H,11-14H2. The van der Waals surface area contributed by atoms with Crippen molar-refractivity contribution in [1.82, 2.24) is 4.31 Å². The third kappa shape index (κ3) is 4.00. The summed E-state index contributed by atoms with van der Waals surface area (Å²) in [5.74, 6) is -0.187. The van der Waals surface area contributed by atoms with E-state index in [1.54, 1.807) is 12.1 Å². The minimum absolute atomic E-state index is 0.132. The summed E-state index contributed by atoms with van der Waals surface area (Å²) in [6.07, 6.45) is 0. The minimum Gasteiger partial charge on any atom is -0.422 e. The summed E-state index contributed by atoms with van der Waals surface area (Å²) in [4.78, 5) is 12.7. The molecule has 1 aliphatic rings. The van der Waals surface area contributed by atoms with E-state index < -0.39 is 16.0 Å². The lowest BCUT2D eigenvalue weighted by atomic mass is 10.1. The van der Waals surface area contributed by atoms with Gasteiger partial charge in [0.15, 0.2) is 0 Å². The van der Waals surface area contributed by atoms with E-state index in [-0.39, 0.29) is 10.5 Å². The highest BCUT2D eigenvalue weighted by molar-refractivity contribution is 7.89. The van der Waals surface area contributed by atoms with E-state index in [0.717, 1.165) is 10.8 Å². The van der Waals surface area contributed by atoms with Gasteiger partial charge in [-0.15, -0.1) is 0 Å². The molecule has 1 fully saturated rings. The van der Waals surface area contributed by atoms with Gasteiger partial charge in [0.1, 0.15) is 5.75 Å². The Morgan fingerprint density at radius 1 is 0.931 bits per heavy atom. The van der Waals surface area contributed by atoms with Gasteiger partial charge in [-0.05, 0) is 36.4 Å². The van der Waals surface area contributed by atoms with Gasteiger partial charge in [-0.2, -0.15) is 4.31 Å². The van der Waals surface area contributed by atoms with Crippen LogP contribution in [0, 0.1) is 0 Å². The first-order valence-electron chi connectivity index (χ1n) is 9.04. The van der Waals surface area contributed by atoms with Crippen LogP contribution in [0.25, 0.3) is 10.8 Å². The zero-order valence-corrected chi connectivity index (χ0v) is 16.9. The normalized spacial score (nSPS) is 15.3. The summed E-state index contributed by atoms with van der Waals surface area (Å²) >= 11 is 6.20. The Kier molecular flexibility index (Phi) is 5.56. The molecule has 3 aromatic carbocycles. The maximum atomic E-state index is 12.7. The Morgan fingerprint density at radius 3 is 2.28 bits per heavy atom. The van der Waals surface area contributed by atoms with Crippen molar-refractivity contribution in [3.63, 3.8) is 0 Å². The van der Waals surface area contributed by atoms with Crippen molar-refractivity contribution in [2.75, 3.05) is 26.3 Å². The zero-order valence-electron chi connectivity index (χ0n) is 15.4. The third-order valence-corrected chi connectivity index (χ3v) is 6.97. The van der Waals surface area contributed by atoms with Crippen LogP contribution in [0.4, 0.5) is 0 Å². The number of ether oxygens (including phenoxy) is 2. The molecule has 150 valence electrons. The number of nitrogens with zero attached hydrogens (tertiary/aromatic N) is 1. The number of fused-ring (bicyclic) bond motifs is 1. The number of hydrogen-bond donors (Lipinski definition) is 0. The number of sulfonamides is 1. The van der Waals surface area contributed by atoms with Crippen molar-refractivity contribution in [2.45, 2.75) is 4.90 Å². The molecule has 0 atom stereocenters. The van der Waals surface area contributed by atoms with Crippen LogP contribution in [0.5, 0.6) is 5.75 Å². The Morgan fingerprint density at radius 2 is 1.59 bits per heavy atom. The van der Waals surface area contributed by atoms with Crippen molar-refractivity contribution in [2.24, 2.45) is 0 Å². The molecule has 1 aliphatic heterocycles. The molecule has 0 saturated carbocycles. The van der Waals surface area contributed by atoms with E-state index >= 15 is 0 Å². The summed E-state index contributed by atoms with van der Waals surface area (Å²) in [6, 6.07) is 16.4. The quantitative estimate of drug-likeness (QED) is 0.465. The first-order valence-corrected chi connectivity index (χ1v) is 10.9. The highest BCUT2D eigenvalue weighted by atomic mass is 35.5. The van der Waals surface area contributed by atoms with Crippen LogP contribution in [0.2, 0.25) is 5.02 Å². The number of carbonyl (C=O) groups excluding carboxylic acids is 1. The van der Waals surface area contributed by atoms with E-state index in [1.165, 1.54) is 28.6 Å². The first kappa shape index (κ1) is 19.8. The lowest BCUT2D eigenvalue weighted by molar-refractivity contribution is 0.0730. The summed E-state index contributed by atoms with van der Waals surface area (Å²) < 4.78 is 37.5. The van der Waals surface area contributed by atoms with Crippen LogP contribution in [-0.4, -0.2) is 45.0 Å². The molecule has 0 unspecified atom stereocenters. The maximum absolute atomic E-state index is 12.7. The smallest absolute Gasteiger partial charge is 0.343 e. The van der Waals surface area contributed by atoms with Crippen LogP contribution in [0.1, 0.15) is 10.4 Å². The Bertz CT molecular complexity index is 1160. The van der Waals surface area contributed by atoms with Crippen LogP contribution in [0.3, 0.4) is 0 Å². The predicted octanol–water partition coefficient (Wildman–Crippen LogP) is 3.73. The second kappa shape index (κ2) is 8.12. The molecule has 4 rings (SSSR count). The Labute approximate surface area is 173 Å². The molecule has 8 heteroatoms. The van der Waals surface area contributed by atoms with Gasteiger partial charge in [-0.1, -0.05) is 35.9 Å². The number of morpholine rings is 1. The maximum Gasteiger partial charge on any atom is 0.343 e. The molecule has 0 bridgehead atoms. The van der Waals surface area contributed by atoms with Crippen LogP contribution >= 0.6 is 11.6 Å². The van der Waals surface area contributed by atoms with E-state index in [4.69, 9.17) is 21.1 Å². The van der Waals surface area contributed by atoms with Crippen LogP contribution in [0.15, 0.2) is 65.6 Å². The van der Waals surface area contributed by atoms with Gasteiger partial charge in [-0.3, -0.25) is 0 Å². The number of hydrogen-bond acceptors (Lipinski definition) is 5. The van der Waals surface area contributed by atoms with Crippen molar-refractivity contribution in [3.8, 4) is 5.75 Å². The highest BCUT2D eigenvalue weighted by Gasteiger charge is 2.26. The van der Waals surface area contributed by atoms with Gasteiger partial charge in [-0.25, -0.2) is 13.2 Å². The highest BCUT2D eigenvalue weighted by Crippen LogP contribution is 2.31. The number of benzene rings is 3. The molecule has 1 heterocycles. The molecular formula is C21H18ClNO5S. The van der Waals surface area contributed by atoms with Crippen molar-refractivity contribution >= 4 is 38.4 Å². The fourth-order valence-electron chi connectivity index (χ4n) is 3.18. The second-order valence-electron chi connectivity index (χ2n) is 6.52. The van der Waals surface area contributed by atoms with Crippen molar-refractivity contribution in [3.05, 3.63) is 71.2 Å².